The van der Waals surface area contributed by atoms with Crippen LogP contribution in [0.15, 0.2) is 6.07 Å². The van der Waals surface area contributed by atoms with Crippen molar-refractivity contribution in [2.24, 2.45) is 5.92 Å². The largest absolute Gasteiger partial charge is 0.481 e. The molecule has 0 amide bonds. The lowest BCUT2D eigenvalue weighted by atomic mass is 9.94. The molecular weight excluding hydrogens is 254 g/mol. The first-order valence-electron chi connectivity index (χ1n) is 6.86. The summed E-state index contributed by atoms with van der Waals surface area (Å²) < 4.78 is 0. The smallest absolute Gasteiger partial charge is 0.303 e. The van der Waals surface area contributed by atoms with Gasteiger partial charge in [-0.2, -0.15) is 5.26 Å². The summed E-state index contributed by atoms with van der Waals surface area (Å²) in [5, 5.41) is 18.2. The van der Waals surface area contributed by atoms with Crippen molar-refractivity contribution in [1.82, 2.24) is 4.98 Å². The summed E-state index contributed by atoms with van der Waals surface area (Å²) >= 11 is 0. The van der Waals surface area contributed by atoms with E-state index in [4.69, 9.17) is 5.11 Å². The second-order valence-electron chi connectivity index (χ2n) is 5.44. The van der Waals surface area contributed by atoms with Gasteiger partial charge in [0.2, 0.25) is 0 Å². The molecule has 0 aliphatic carbocycles. The number of nitrogens with zero attached hydrogens (tertiary/aromatic N) is 3. The molecule has 5 nitrogen and oxygen atoms in total. The molecule has 1 fully saturated rings. The number of aliphatic carboxylic acids is 1. The molecule has 1 atom stereocenters. The average molecular weight is 273 g/mol. The van der Waals surface area contributed by atoms with Crippen LogP contribution in [-0.4, -0.2) is 29.1 Å². The topological polar surface area (TPSA) is 77.2 Å². The summed E-state index contributed by atoms with van der Waals surface area (Å²) in [5.41, 5.74) is 2.42. The van der Waals surface area contributed by atoms with Crippen LogP contribution < -0.4 is 4.90 Å². The number of rotatable bonds is 3. The molecule has 2 heterocycles. The summed E-state index contributed by atoms with van der Waals surface area (Å²) in [6, 6.07) is 4.13. The first kappa shape index (κ1) is 14.3. The molecule has 1 saturated heterocycles. The molecule has 1 aromatic heterocycles. The van der Waals surface area contributed by atoms with Crippen LogP contribution in [0.4, 0.5) is 5.82 Å². The Bertz CT molecular complexity index is 563. The number of pyridine rings is 1. The van der Waals surface area contributed by atoms with E-state index < -0.39 is 5.97 Å². The van der Waals surface area contributed by atoms with Gasteiger partial charge in [-0.05, 0) is 44.2 Å². The molecular formula is C15H19N3O2. The number of carboxylic acid groups (broad SMARTS) is 1. The minimum absolute atomic E-state index is 0.135. The van der Waals surface area contributed by atoms with Crippen LogP contribution in [0.3, 0.4) is 0 Å². The molecule has 0 saturated carbocycles. The number of aromatic nitrogens is 1. The Morgan fingerprint density at radius 2 is 2.35 bits per heavy atom. The molecule has 1 aromatic rings. The van der Waals surface area contributed by atoms with Gasteiger partial charge in [-0.15, -0.1) is 0 Å². The molecule has 2 rings (SSSR count). The quantitative estimate of drug-likeness (QED) is 0.914. The first-order chi connectivity index (χ1) is 9.51. The maximum atomic E-state index is 10.9. The minimum atomic E-state index is -0.759. The van der Waals surface area contributed by atoms with E-state index in [9.17, 15) is 10.1 Å². The van der Waals surface area contributed by atoms with E-state index in [2.05, 4.69) is 16.0 Å². The van der Waals surface area contributed by atoms with Gasteiger partial charge >= 0.3 is 5.97 Å². The number of anilines is 1. The third-order valence-corrected chi connectivity index (χ3v) is 3.72. The zero-order chi connectivity index (χ0) is 14.7. The molecule has 106 valence electrons. The molecule has 1 N–H and O–H groups in total. The van der Waals surface area contributed by atoms with E-state index in [-0.39, 0.29) is 12.3 Å². The molecule has 0 spiro atoms. The third-order valence-electron chi connectivity index (χ3n) is 3.72. The van der Waals surface area contributed by atoms with Crippen molar-refractivity contribution in [3.8, 4) is 6.07 Å². The van der Waals surface area contributed by atoms with Crippen molar-refractivity contribution in [3.05, 3.63) is 22.9 Å². The van der Waals surface area contributed by atoms with Gasteiger partial charge in [-0.1, -0.05) is 0 Å². The van der Waals surface area contributed by atoms with E-state index in [1.807, 2.05) is 19.9 Å². The minimum Gasteiger partial charge on any atom is -0.481 e. The summed E-state index contributed by atoms with van der Waals surface area (Å²) in [4.78, 5) is 17.4. The molecule has 1 unspecified atom stereocenters. The summed E-state index contributed by atoms with van der Waals surface area (Å²) in [5.74, 6) is 0.0845. The van der Waals surface area contributed by atoms with E-state index in [1.165, 1.54) is 0 Å². The Morgan fingerprint density at radius 3 is 3.00 bits per heavy atom. The SMILES string of the molecule is Cc1cc(C)c(C#N)c(N2CCCC(CC(=O)O)C2)n1. The Morgan fingerprint density at radius 1 is 1.60 bits per heavy atom. The summed E-state index contributed by atoms with van der Waals surface area (Å²) in [6.45, 7) is 5.32. The Hall–Kier alpha value is -2.09. The highest BCUT2D eigenvalue weighted by Crippen LogP contribution is 2.28. The van der Waals surface area contributed by atoms with Gasteiger partial charge in [0.25, 0.3) is 0 Å². The predicted molar refractivity (Wildman–Crippen MR) is 75.6 cm³/mol. The van der Waals surface area contributed by atoms with Gasteiger partial charge in [-0.3, -0.25) is 4.79 Å². The van der Waals surface area contributed by atoms with Gasteiger partial charge in [0.1, 0.15) is 11.9 Å². The number of piperidine rings is 1. The monoisotopic (exact) mass is 273 g/mol. The highest BCUT2D eigenvalue weighted by molar-refractivity contribution is 5.67. The van der Waals surface area contributed by atoms with Crippen molar-refractivity contribution >= 4 is 11.8 Å². The number of carboxylic acids is 1. The Labute approximate surface area is 118 Å². The zero-order valence-electron chi connectivity index (χ0n) is 11.9. The van der Waals surface area contributed by atoms with Crippen LogP contribution in [0.2, 0.25) is 0 Å². The molecule has 5 heteroatoms. The Kier molecular flexibility index (Phi) is 4.23. The van der Waals surface area contributed by atoms with E-state index in [1.54, 1.807) is 0 Å². The fraction of sp³-hybridized carbons (Fsp3) is 0.533. The summed E-state index contributed by atoms with van der Waals surface area (Å²) in [6.07, 6.45) is 2.05. The maximum Gasteiger partial charge on any atom is 0.303 e. The van der Waals surface area contributed by atoms with Crippen molar-refractivity contribution in [3.63, 3.8) is 0 Å². The second-order valence-corrected chi connectivity index (χ2v) is 5.44. The van der Waals surface area contributed by atoms with Crippen LogP contribution in [0.1, 0.15) is 36.1 Å². The van der Waals surface area contributed by atoms with Crippen molar-refractivity contribution in [2.45, 2.75) is 33.1 Å². The lowest BCUT2D eigenvalue weighted by Crippen LogP contribution is -2.37. The normalized spacial score (nSPS) is 18.6. The van der Waals surface area contributed by atoms with E-state index >= 15 is 0 Å². The van der Waals surface area contributed by atoms with Crippen molar-refractivity contribution in [2.75, 3.05) is 18.0 Å². The predicted octanol–water partition coefficient (Wildman–Crippen LogP) is 2.26. The number of carbonyl (C=O) groups is 1. The lowest BCUT2D eigenvalue weighted by Gasteiger charge is -2.33. The van der Waals surface area contributed by atoms with Crippen LogP contribution in [0.25, 0.3) is 0 Å². The van der Waals surface area contributed by atoms with Crippen LogP contribution >= 0.6 is 0 Å². The third kappa shape index (κ3) is 3.08. The fourth-order valence-electron chi connectivity index (χ4n) is 2.86. The van der Waals surface area contributed by atoms with Crippen LogP contribution in [0, 0.1) is 31.1 Å². The number of aryl methyl sites for hydroxylation is 2. The van der Waals surface area contributed by atoms with Gasteiger partial charge in [0.15, 0.2) is 0 Å². The molecule has 0 aromatic carbocycles. The molecule has 0 radical (unpaired) electrons. The highest BCUT2D eigenvalue weighted by atomic mass is 16.4. The highest BCUT2D eigenvalue weighted by Gasteiger charge is 2.25. The standard InChI is InChI=1S/C15H19N3O2/c1-10-6-11(2)17-15(13(10)8-16)18-5-3-4-12(9-18)7-14(19)20/h6,12H,3-5,7,9H2,1-2H3,(H,19,20). The number of nitriles is 1. The Balaban J connectivity index is 2.27. The second kappa shape index (κ2) is 5.91. The van der Waals surface area contributed by atoms with Crippen molar-refractivity contribution < 1.29 is 9.90 Å². The van der Waals surface area contributed by atoms with Gasteiger partial charge < -0.3 is 10.0 Å². The maximum absolute atomic E-state index is 10.9. The zero-order valence-corrected chi connectivity index (χ0v) is 11.9. The van der Waals surface area contributed by atoms with Gasteiger partial charge in [0, 0.05) is 25.2 Å². The van der Waals surface area contributed by atoms with Crippen molar-refractivity contribution in [1.29, 1.82) is 5.26 Å². The summed E-state index contributed by atoms with van der Waals surface area (Å²) in [7, 11) is 0. The van der Waals surface area contributed by atoms with Crippen LogP contribution in [0.5, 0.6) is 0 Å². The number of hydrogen-bond acceptors (Lipinski definition) is 4. The molecule has 1 aliphatic rings. The fourth-order valence-corrected chi connectivity index (χ4v) is 2.86. The van der Waals surface area contributed by atoms with Crippen LogP contribution in [-0.2, 0) is 4.79 Å². The first-order valence-corrected chi connectivity index (χ1v) is 6.86. The van der Waals surface area contributed by atoms with E-state index in [0.717, 1.165) is 30.6 Å². The molecule has 20 heavy (non-hydrogen) atoms. The van der Waals surface area contributed by atoms with Gasteiger partial charge in [0.05, 0.1) is 5.56 Å². The van der Waals surface area contributed by atoms with E-state index in [0.29, 0.717) is 17.9 Å². The molecule has 0 bridgehead atoms. The average Bonchev–Trinajstić information content (AvgIpc) is 2.37. The molecule has 1 aliphatic heterocycles. The lowest BCUT2D eigenvalue weighted by molar-refractivity contribution is -0.138. The number of hydrogen-bond donors (Lipinski definition) is 1. The van der Waals surface area contributed by atoms with Gasteiger partial charge in [-0.25, -0.2) is 4.98 Å².